The van der Waals surface area contributed by atoms with E-state index in [0.29, 0.717) is 17.9 Å². The molecule has 1 atom stereocenters. The molecule has 22 heavy (non-hydrogen) atoms. The minimum atomic E-state index is -0.341. The van der Waals surface area contributed by atoms with Gasteiger partial charge in [-0.05, 0) is 43.0 Å². The van der Waals surface area contributed by atoms with Gasteiger partial charge in [-0.1, -0.05) is 6.07 Å². The van der Waals surface area contributed by atoms with Crippen LogP contribution in [-0.2, 0) is 18.4 Å². The number of carbonyl (C=O) groups is 1. The Balaban J connectivity index is 1.72. The standard InChI is InChI=1S/C16H21N3O3/c1-18-13-5-4-12(7-14(13)22-16(18)21)10-19-6-2-3-11(9-19)8-15(17)20/h4-5,7,11H,2-3,6,8-10H2,1H3,(H2,17,20)/t11-/m0/s1. The molecule has 0 spiro atoms. The maximum Gasteiger partial charge on any atom is 0.419 e. The van der Waals surface area contributed by atoms with Crippen LogP contribution in [0.2, 0.25) is 0 Å². The lowest BCUT2D eigenvalue weighted by Crippen LogP contribution is -2.36. The zero-order valence-corrected chi connectivity index (χ0v) is 12.7. The largest absolute Gasteiger partial charge is 0.419 e. The van der Waals surface area contributed by atoms with Gasteiger partial charge in [0.15, 0.2) is 5.58 Å². The molecule has 0 bridgehead atoms. The Hall–Kier alpha value is -2.08. The van der Waals surface area contributed by atoms with E-state index in [0.717, 1.165) is 43.6 Å². The Morgan fingerprint density at radius 1 is 1.45 bits per heavy atom. The lowest BCUT2D eigenvalue weighted by atomic mass is 9.94. The fraction of sp³-hybridized carbons (Fsp3) is 0.500. The summed E-state index contributed by atoms with van der Waals surface area (Å²) < 4.78 is 6.73. The number of aromatic nitrogens is 1. The minimum Gasteiger partial charge on any atom is -0.408 e. The van der Waals surface area contributed by atoms with Crippen LogP contribution in [0.15, 0.2) is 27.4 Å². The Labute approximate surface area is 128 Å². The molecule has 2 aromatic rings. The van der Waals surface area contributed by atoms with Gasteiger partial charge in [0.2, 0.25) is 5.91 Å². The molecule has 0 radical (unpaired) electrons. The molecule has 1 fully saturated rings. The number of aryl methyl sites for hydroxylation is 1. The lowest BCUT2D eigenvalue weighted by Gasteiger charge is -2.32. The van der Waals surface area contributed by atoms with Crippen molar-refractivity contribution < 1.29 is 9.21 Å². The molecule has 1 aromatic heterocycles. The highest BCUT2D eigenvalue weighted by atomic mass is 16.4. The molecule has 2 heterocycles. The Morgan fingerprint density at radius 2 is 2.27 bits per heavy atom. The van der Waals surface area contributed by atoms with E-state index in [4.69, 9.17) is 10.2 Å². The summed E-state index contributed by atoms with van der Waals surface area (Å²) in [6, 6.07) is 5.86. The summed E-state index contributed by atoms with van der Waals surface area (Å²) in [6.45, 7) is 2.70. The summed E-state index contributed by atoms with van der Waals surface area (Å²) >= 11 is 0. The monoisotopic (exact) mass is 303 g/mol. The van der Waals surface area contributed by atoms with Crippen molar-refractivity contribution in [3.63, 3.8) is 0 Å². The van der Waals surface area contributed by atoms with Crippen LogP contribution in [0.25, 0.3) is 11.1 Å². The van der Waals surface area contributed by atoms with Gasteiger partial charge in [-0.2, -0.15) is 0 Å². The summed E-state index contributed by atoms with van der Waals surface area (Å²) in [6.07, 6.45) is 2.61. The van der Waals surface area contributed by atoms with Crippen molar-refractivity contribution in [3.8, 4) is 0 Å². The number of likely N-dealkylation sites (tertiary alicyclic amines) is 1. The molecule has 1 aromatic carbocycles. The molecule has 6 nitrogen and oxygen atoms in total. The van der Waals surface area contributed by atoms with Gasteiger partial charge >= 0.3 is 5.76 Å². The molecule has 1 aliphatic rings. The van der Waals surface area contributed by atoms with E-state index in [1.54, 1.807) is 7.05 Å². The highest BCUT2D eigenvalue weighted by Gasteiger charge is 2.21. The number of oxazole rings is 1. The second-order valence-electron chi connectivity index (χ2n) is 6.14. The summed E-state index contributed by atoms with van der Waals surface area (Å²) in [4.78, 5) is 24.9. The number of fused-ring (bicyclic) bond motifs is 1. The normalized spacial score (nSPS) is 19.6. The topological polar surface area (TPSA) is 81.5 Å². The first-order valence-electron chi connectivity index (χ1n) is 7.62. The predicted molar refractivity (Wildman–Crippen MR) is 83.3 cm³/mol. The summed E-state index contributed by atoms with van der Waals surface area (Å²) in [5.74, 6) is -0.212. The van der Waals surface area contributed by atoms with Gasteiger partial charge in [0.25, 0.3) is 0 Å². The van der Waals surface area contributed by atoms with E-state index in [-0.39, 0.29) is 11.7 Å². The molecule has 0 unspecified atom stereocenters. The third-order valence-corrected chi connectivity index (χ3v) is 4.36. The Morgan fingerprint density at radius 3 is 3.05 bits per heavy atom. The highest BCUT2D eigenvalue weighted by Crippen LogP contribution is 2.22. The number of nitrogens with zero attached hydrogens (tertiary/aromatic N) is 2. The molecule has 118 valence electrons. The molecular formula is C16H21N3O3. The van der Waals surface area contributed by atoms with Crippen LogP contribution in [0.1, 0.15) is 24.8 Å². The number of nitrogens with two attached hydrogens (primary N) is 1. The summed E-state index contributed by atoms with van der Waals surface area (Å²) in [5.41, 5.74) is 7.84. The Bertz CT molecular complexity index is 747. The van der Waals surface area contributed by atoms with Crippen LogP contribution in [0, 0.1) is 5.92 Å². The first-order valence-corrected chi connectivity index (χ1v) is 7.62. The number of carbonyl (C=O) groups excluding carboxylic acids is 1. The first-order chi connectivity index (χ1) is 10.5. The summed E-state index contributed by atoms with van der Waals surface area (Å²) in [7, 11) is 1.70. The maximum absolute atomic E-state index is 11.5. The van der Waals surface area contributed by atoms with Crippen LogP contribution >= 0.6 is 0 Å². The van der Waals surface area contributed by atoms with E-state index in [1.165, 1.54) is 4.57 Å². The van der Waals surface area contributed by atoms with E-state index in [1.807, 2.05) is 18.2 Å². The molecule has 0 saturated carbocycles. The number of benzene rings is 1. The number of rotatable bonds is 4. The quantitative estimate of drug-likeness (QED) is 0.920. The molecular weight excluding hydrogens is 282 g/mol. The number of hydrogen-bond acceptors (Lipinski definition) is 4. The zero-order valence-electron chi connectivity index (χ0n) is 12.7. The van der Waals surface area contributed by atoms with E-state index >= 15 is 0 Å². The number of piperidine rings is 1. The van der Waals surface area contributed by atoms with Crippen LogP contribution in [0.3, 0.4) is 0 Å². The van der Waals surface area contributed by atoms with Gasteiger partial charge in [0, 0.05) is 26.6 Å². The fourth-order valence-electron chi connectivity index (χ4n) is 3.28. The highest BCUT2D eigenvalue weighted by molar-refractivity contribution is 5.74. The van der Waals surface area contributed by atoms with E-state index < -0.39 is 0 Å². The maximum atomic E-state index is 11.5. The average molecular weight is 303 g/mol. The van der Waals surface area contributed by atoms with Crippen molar-refractivity contribution in [1.29, 1.82) is 0 Å². The number of primary amides is 1. The Kier molecular flexibility index (Phi) is 4.02. The summed E-state index contributed by atoms with van der Waals surface area (Å²) in [5, 5.41) is 0. The predicted octanol–water partition coefficient (Wildman–Crippen LogP) is 1.22. The average Bonchev–Trinajstić information content (AvgIpc) is 2.73. The molecule has 1 saturated heterocycles. The van der Waals surface area contributed by atoms with Crippen LogP contribution in [0.4, 0.5) is 0 Å². The second kappa shape index (κ2) is 5.96. The third kappa shape index (κ3) is 3.06. The minimum absolute atomic E-state index is 0.223. The van der Waals surface area contributed by atoms with Crippen molar-refractivity contribution >= 4 is 17.0 Å². The fourth-order valence-corrected chi connectivity index (χ4v) is 3.28. The van der Waals surface area contributed by atoms with Crippen LogP contribution in [-0.4, -0.2) is 28.5 Å². The molecule has 1 aliphatic heterocycles. The van der Waals surface area contributed by atoms with Gasteiger partial charge in [-0.25, -0.2) is 4.79 Å². The van der Waals surface area contributed by atoms with Crippen molar-refractivity contribution in [2.45, 2.75) is 25.8 Å². The molecule has 3 rings (SSSR count). The number of hydrogen-bond donors (Lipinski definition) is 1. The molecule has 0 aliphatic carbocycles. The van der Waals surface area contributed by atoms with Gasteiger partial charge in [0.1, 0.15) is 0 Å². The van der Waals surface area contributed by atoms with Gasteiger partial charge in [0.05, 0.1) is 5.52 Å². The van der Waals surface area contributed by atoms with Crippen LogP contribution < -0.4 is 11.5 Å². The second-order valence-corrected chi connectivity index (χ2v) is 6.14. The first kappa shape index (κ1) is 14.8. The SMILES string of the molecule is Cn1c(=O)oc2cc(CN3CCC[C@@H](CC(N)=O)C3)ccc21. The van der Waals surface area contributed by atoms with E-state index in [9.17, 15) is 9.59 Å². The molecule has 6 heteroatoms. The smallest absolute Gasteiger partial charge is 0.408 e. The number of amides is 1. The van der Waals surface area contributed by atoms with Gasteiger partial charge in [-0.15, -0.1) is 0 Å². The van der Waals surface area contributed by atoms with Gasteiger partial charge in [-0.3, -0.25) is 14.3 Å². The molecule has 1 amide bonds. The van der Waals surface area contributed by atoms with Crippen molar-refractivity contribution in [1.82, 2.24) is 9.47 Å². The van der Waals surface area contributed by atoms with Crippen molar-refractivity contribution in [2.24, 2.45) is 18.7 Å². The zero-order chi connectivity index (χ0) is 15.7. The van der Waals surface area contributed by atoms with Gasteiger partial charge < -0.3 is 10.2 Å². The van der Waals surface area contributed by atoms with Crippen molar-refractivity contribution in [2.75, 3.05) is 13.1 Å². The van der Waals surface area contributed by atoms with Crippen molar-refractivity contribution in [3.05, 3.63) is 34.3 Å². The lowest BCUT2D eigenvalue weighted by molar-refractivity contribution is -0.119. The van der Waals surface area contributed by atoms with Crippen LogP contribution in [0.5, 0.6) is 0 Å². The van der Waals surface area contributed by atoms with E-state index in [2.05, 4.69) is 4.90 Å². The molecule has 2 N–H and O–H groups in total. The third-order valence-electron chi connectivity index (χ3n) is 4.36.